The predicted molar refractivity (Wildman–Crippen MR) is 143 cm³/mol. The van der Waals surface area contributed by atoms with Crippen LogP contribution in [-0.2, 0) is 36.9 Å². The number of carbonyl (C=O) groups excluding carboxylic acids is 2. The normalized spacial score (nSPS) is 11.9. The number of nitrogens with one attached hydrogen (secondary N) is 1. The van der Waals surface area contributed by atoms with Crippen molar-refractivity contribution in [1.82, 2.24) is 5.32 Å². The van der Waals surface area contributed by atoms with E-state index in [1.54, 1.807) is 43.3 Å². The van der Waals surface area contributed by atoms with Gasteiger partial charge >= 0.3 is 5.97 Å². The topological polar surface area (TPSA) is 117 Å². The summed E-state index contributed by atoms with van der Waals surface area (Å²) in [6, 6.07) is 12.0. The SMILES string of the molecule is CCOC(=O)[C@H](Cc1ccc(-c2c(OC)cc(COS(C)(=O)=O)cc2OC)cc1)NC(=O)c1c(F)cccc1F. The highest BCUT2D eigenvalue weighted by molar-refractivity contribution is 7.85. The predicted octanol–water partition coefficient (Wildman–Crippen LogP) is 4.03. The first kappa shape index (κ1) is 30.5. The molecule has 0 aliphatic carbocycles. The van der Waals surface area contributed by atoms with Crippen LogP contribution < -0.4 is 14.8 Å². The van der Waals surface area contributed by atoms with Crippen LogP contribution in [0.2, 0.25) is 0 Å². The fraction of sp³-hybridized carbons (Fsp3) is 0.286. The third-order valence-electron chi connectivity index (χ3n) is 5.75. The number of methoxy groups -OCH3 is 2. The summed E-state index contributed by atoms with van der Waals surface area (Å²) in [6.45, 7) is 1.44. The van der Waals surface area contributed by atoms with Gasteiger partial charge < -0.3 is 19.5 Å². The molecule has 3 rings (SSSR count). The van der Waals surface area contributed by atoms with Crippen molar-refractivity contribution < 1.29 is 45.2 Å². The van der Waals surface area contributed by atoms with Crippen LogP contribution in [0.15, 0.2) is 54.6 Å². The Morgan fingerprint density at radius 3 is 2.00 bits per heavy atom. The fourth-order valence-corrected chi connectivity index (χ4v) is 4.28. The van der Waals surface area contributed by atoms with Crippen molar-refractivity contribution in [3.05, 3.63) is 82.9 Å². The van der Waals surface area contributed by atoms with Crippen molar-refractivity contribution in [1.29, 1.82) is 0 Å². The highest BCUT2D eigenvalue weighted by Crippen LogP contribution is 2.40. The lowest BCUT2D eigenvalue weighted by Crippen LogP contribution is -2.44. The second kappa shape index (κ2) is 13.4. The number of carbonyl (C=O) groups is 2. The number of benzene rings is 3. The van der Waals surface area contributed by atoms with E-state index in [-0.39, 0.29) is 19.6 Å². The second-order valence-electron chi connectivity index (χ2n) is 8.62. The third kappa shape index (κ3) is 7.76. The summed E-state index contributed by atoms with van der Waals surface area (Å²) in [7, 11) is -0.740. The number of hydrogen-bond acceptors (Lipinski definition) is 8. The summed E-state index contributed by atoms with van der Waals surface area (Å²) in [4.78, 5) is 25.2. The van der Waals surface area contributed by atoms with Gasteiger partial charge in [-0.2, -0.15) is 8.42 Å². The lowest BCUT2D eigenvalue weighted by molar-refractivity contribution is -0.145. The Morgan fingerprint density at radius 1 is 0.925 bits per heavy atom. The molecule has 40 heavy (non-hydrogen) atoms. The fourth-order valence-electron chi connectivity index (χ4n) is 3.93. The van der Waals surface area contributed by atoms with Crippen LogP contribution in [-0.4, -0.2) is 53.4 Å². The van der Waals surface area contributed by atoms with Gasteiger partial charge in [-0.3, -0.25) is 8.98 Å². The molecule has 0 aromatic heterocycles. The van der Waals surface area contributed by atoms with E-state index in [1.807, 2.05) is 0 Å². The zero-order valence-corrected chi connectivity index (χ0v) is 23.1. The number of amides is 1. The molecule has 0 saturated heterocycles. The van der Waals surface area contributed by atoms with Crippen LogP contribution in [0.5, 0.6) is 11.5 Å². The van der Waals surface area contributed by atoms with Crippen LogP contribution in [0.25, 0.3) is 11.1 Å². The number of halogens is 2. The van der Waals surface area contributed by atoms with Crippen molar-refractivity contribution in [2.24, 2.45) is 0 Å². The molecular formula is C28H29F2NO8S. The highest BCUT2D eigenvalue weighted by Gasteiger charge is 2.26. The lowest BCUT2D eigenvalue weighted by Gasteiger charge is -2.19. The molecule has 0 aliphatic rings. The van der Waals surface area contributed by atoms with Gasteiger partial charge in [0.2, 0.25) is 0 Å². The zero-order valence-electron chi connectivity index (χ0n) is 22.3. The molecule has 214 valence electrons. The molecule has 1 N–H and O–H groups in total. The van der Waals surface area contributed by atoms with E-state index in [0.717, 1.165) is 24.5 Å². The standard InChI is InChI=1S/C28H29F2NO8S/c1-5-38-28(33)22(31-27(32)26-20(29)7-6-8-21(26)30)13-17-9-11-19(12-10-17)25-23(36-2)14-18(15-24(25)37-3)16-39-40(4,34)35/h6-12,14-15,22H,5,13,16H2,1-4H3,(H,31,32)/t22-/m0/s1. The van der Waals surface area contributed by atoms with E-state index >= 15 is 0 Å². The van der Waals surface area contributed by atoms with E-state index in [1.165, 1.54) is 14.2 Å². The highest BCUT2D eigenvalue weighted by atomic mass is 32.2. The Bertz CT molecular complexity index is 1430. The maximum absolute atomic E-state index is 14.1. The van der Waals surface area contributed by atoms with E-state index in [0.29, 0.717) is 33.8 Å². The van der Waals surface area contributed by atoms with Gasteiger partial charge in [0.25, 0.3) is 16.0 Å². The smallest absolute Gasteiger partial charge is 0.328 e. The zero-order chi connectivity index (χ0) is 29.4. The van der Waals surface area contributed by atoms with Gasteiger partial charge in [0, 0.05) is 6.42 Å². The number of esters is 1. The van der Waals surface area contributed by atoms with Crippen molar-refractivity contribution >= 4 is 22.0 Å². The summed E-state index contributed by atoms with van der Waals surface area (Å²) in [5.41, 5.74) is 1.60. The minimum absolute atomic E-state index is 0.0169. The Hall–Kier alpha value is -4.03. The van der Waals surface area contributed by atoms with Crippen LogP contribution in [0, 0.1) is 11.6 Å². The third-order valence-corrected chi connectivity index (χ3v) is 6.30. The molecule has 1 atom stereocenters. The molecule has 12 heteroatoms. The van der Waals surface area contributed by atoms with E-state index in [2.05, 4.69) is 5.32 Å². The Balaban J connectivity index is 1.87. The quantitative estimate of drug-likeness (QED) is 0.253. The van der Waals surface area contributed by atoms with Gasteiger partial charge in [0.05, 0.1) is 39.3 Å². The molecule has 9 nitrogen and oxygen atoms in total. The van der Waals surface area contributed by atoms with E-state index in [9.17, 15) is 26.8 Å². The number of rotatable bonds is 12. The van der Waals surface area contributed by atoms with Gasteiger partial charge in [-0.25, -0.2) is 13.6 Å². The van der Waals surface area contributed by atoms with Crippen molar-refractivity contribution in [3.8, 4) is 22.6 Å². The summed E-state index contributed by atoms with van der Waals surface area (Å²) in [6.07, 6.45) is 0.935. The number of ether oxygens (including phenoxy) is 3. The molecule has 3 aromatic carbocycles. The molecule has 1 amide bonds. The molecule has 0 bridgehead atoms. The molecule has 0 saturated carbocycles. The molecule has 0 fully saturated rings. The molecule has 0 heterocycles. The first-order valence-electron chi connectivity index (χ1n) is 12.1. The van der Waals surface area contributed by atoms with Crippen molar-refractivity contribution in [2.75, 3.05) is 27.1 Å². The second-order valence-corrected chi connectivity index (χ2v) is 10.3. The monoisotopic (exact) mass is 577 g/mol. The molecule has 0 unspecified atom stereocenters. The van der Waals surface area contributed by atoms with Crippen LogP contribution >= 0.6 is 0 Å². The van der Waals surface area contributed by atoms with E-state index < -0.39 is 45.2 Å². The van der Waals surface area contributed by atoms with E-state index in [4.69, 9.17) is 18.4 Å². The average molecular weight is 578 g/mol. The minimum atomic E-state index is -3.65. The van der Waals surface area contributed by atoms with Crippen LogP contribution in [0.1, 0.15) is 28.4 Å². The lowest BCUT2D eigenvalue weighted by atomic mass is 9.98. The van der Waals surface area contributed by atoms with Gasteiger partial charge in [-0.1, -0.05) is 30.3 Å². The molecular weight excluding hydrogens is 548 g/mol. The first-order valence-corrected chi connectivity index (χ1v) is 13.9. The maximum Gasteiger partial charge on any atom is 0.328 e. The van der Waals surface area contributed by atoms with Crippen molar-refractivity contribution in [3.63, 3.8) is 0 Å². The summed E-state index contributed by atoms with van der Waals surface area (Å²) in [5, 5.41) is 2.37. The Labute approximate surface area is 231 Å². The van der Waals surface area contributed by atoms with Crippen molar-refractivity contribution in [2.45, 2.75) is 26.0 Å². The molecule has 0 radical (unpaired) electrons. The van der Waals surface area contributed by atoms with Gasteiger partial charge in [0.1, 0.15) is 34.7 Å². The van der Waals surface area contributed by atoms with Gasteiger partial charge in [0.15, 0.2) is 0 Å². The number of hydrogen-bond donors (Lipinski definition) is 1. The summed E-state index contributed by atoms with van der Waals surface area (Å²) >= 11 is 0. The summed E-state index contributed by atoms with van der Waals surface area (Å²) < 4.78 is 71.9. The van der Waals surface area contributed by atoms with Gasteiger partial charge in [-0.15, -0.1) is 0 Å². The minimum Gasteiger partial charge on any atom is -0.496 e. The molecule has 3 aromatic rings. The first-order chi connectivity index (χ1) is 19.0. The largest absolute Gasteiger partial charge is 0.496 e. The average Bonchev–Trinajstić information content (AvgIpc) is 2.91. The van der Waals surface area contributed by atoms with Gasteiger partial charge in [-0.05, 0) is 47.9 Å². The summed E-state index contributed by atoms with van der Waals surface area (Å²) in [5.74, 6) is -3.14. The van der Waals surface area contributed by atoms with Crippen LogP contribution in [0.3, 0.4) is 0 Å². The molecule has 0 spiro atoms. The molecule has 0 aliphatic heterocycles. The Kier molecular flexibility index (Phi) is 10.2. The maximum atomic E-state index is 14.1. The Morgan fingerprint density at radius 2 is 1.50 bits per heavy atom. The van der Waals surface area contributed by atoms with Crippen LogP contribution in [0.4, 0.5) is 8.78 Å².